The molecule has 36 heavy (non-hydrogen) atoms. The molecular weight excluding hydrogens is 456 g/mol. The van der Waals surface area contributed by atoms with E-state index >= 15 is 0 Å². The number of aromatic hydroxyl groups is 1. The lowest BCUT2D eigenvalue weighted by Crippen LogP contribution is -2.51. The van der Waals surface area contributed by atoms with Crippen LogP contribution in [0.15, 0.2) is 44.5 Å². The minimum absolute atomic E-state index is 0.0541. The van der Waals surface area contributed by atoms with Gasteiger partial charge in [-0.3, -0.25) is 19.1 Å². The first-order chi connectivity index (χ1) is 17.1. The smallest absolute Gasteiger partial charge is 0.331 e. The van der Waals surface area contributed by atoms with E-state index in [0.29, 0.717) is 29.2 Å². The molecule has 4 saturated carbocycles. The van der Waals surface area contributed by atoms with Crippen LogP contribution in [0.2, 0.25) is 0 Å². The fourth-order valence-electron chi connectivity index (χ4n) is 7.69. The molecule has 0 spiro atoms. The lowest BCUT2D eigenvalue weighted by Gasteiger charge is -2.59. The average Bonchev–Trinajstić information content (AvgIpc) is 3.09. The van der Waals surface area contributed by atoms with E-state index < -0.39 is 11.2 Å². The highest BCUT2D eigenvalue weighted by atomic mass is 16.3. The molecule has 1 aliphatic heterocycles. The van der Waals surface area contributed by atoms with Gasteiger partial charge in [0.05, 0.1) is 17.0 Å². The second-order valence-corrected chi connectivity index (χ2v) is 11.5. The van der Waals surface area contributed by atoms with E-state index in [9.17, 15) is 19.5 Å². The summed E-state index contributed by atoms with van der Waals surface area (Å²) in [6.07, 6.45) is 8.34. The minimum Gasteiger partial charge on any atom is -0.494 e. The number of carbonyl (C=O) groups is 1. The number of hydrogen-bond acceptors (Lipinski definition) is 5. The first-order valence-corrected chi connectivity index (χ1v) is 12.9. The van der Waals surface area contributed by atoms with Crippen molar-refractivity contribution < 1.29 is 9.90 Å². The Morgan fingerprint density at radius 3 is 2.19 bits per heavy atom. The number of rotatable bonds is 4. The topological polar surface area (TPSA) is 108 Å². The van der Waals surface area contributed by atoms with Crippen LogP contribution < -0.4 is 16.3 Å². The summed E-state index contributed by atoms with van der Waals surface area (Å²) in [6, 6.07) is 7.15. The SMILES string of the molecule is CC1=NN(c2ccc(C)cc2)C(=O)/C1=C\c1c(O)n(C(C)C23CC4CC(CC(C4)C2)C3)c(=O)[nH]c1=O. The summed E-state index contributed by atoms with van der Waals surface area (Å²) in [5.74, 6) is 1.28. The Morgan fingerprint density at radius 2 is 1.61 bits per heavy atom. The Labute approximate surface area is 209 Å². The molecule has 1 aromatic carbocycles. The summed E-state index contributed by atoms with van der Waals surface area (Å²) < 4.78 is 1.35. The minimum atomic E-state index is -0.714. The van der Waals surface area contributed by atoms with Crippen molar-refractivity contribution in [3.8, 4) is 5.88 Å². The number of nitrogens with one attached hydrogen (secondary N) is 1. The standard InChI is InChI=1S/C28H32N4O4/c1-15-4-6-21(7-5-15)32-26(35)22(16(2)30-32)11-23-24(33)29-27(36)31(25(23)34)17(3)28-12-18-8-19(13-28)10-20(9-18)14-28/h4-7,11,17-20,34H,8-10,12-14H2,1-3H3,(H,29,33,36)/b22-11-. The summed E-state index contributed by atoms with van der Waals surface area (Å²) >= 11 is 0. The van der Waals surface area contributed by atoms with Crippen molar-refractivity contribution in [2.24, 2.45) is 28.3 Å². The molecule has 0 radical (unpaired) electrons. The maximum absolute atomic E-state index is 13.2. The van der Waals surface area contributed by atoms with E-state index in [1.165, 1.54) is 34.9 Å². The van der Waals surface area contributed by atoms with Crippen LogP contribution in [-0.2, 0) is 4.79 Å². The second-order valence-electron chi connectivity index (χ2n) is 11.5. The number of amides is 1. The first kappa shape index (κ1) is 23.0. The van der Waals surface area contributed by atoms with Gasteiger partial charge in [-0.2, -0.15) is 10.1 Å². The second kappa shape index (κ2) is 8.05. The van der Waals surface area contributed by atoms with Crippen molar-refractivity contribution in [3.63, 3.8) is 0 Å². The fourth-order valence-corrected chi connectivity index (χ4v) is 7.69. The molecule has 7 rings (SSSR count). The number of H-pyrrole nitrogens is 1. The Balaban J connectivity index is 1.38. The molecule has 8 nitrogen and oxygen atoms in total. The molecule has 5 aliphatic rings. The number of aromatic amines is 1. The van der Waals surface area contributed by atoms with Crippen LogP contribution in [0.5, 0.6) is 5.88 Å². The molecule has 188 valence electrons. The molecular formula is C28H32N4O4. The summed E-state index contributed by atoms with van der Waals surface area (Å²) in [4.78, 5) is 41.5. The zero-order valence-corrected chi connectivity index (χ0v) is 21.0. The summed E-state index contributed by atoms with van der Waals surface area (Å²) in [5, 5.41) is 17.0. The zero-order valence-electron chi connectivity index (χ0n) is 21.0. The fraction of sp³-hybridized carbons (Fsp3) is 0.500. The van der Waals surface area contributed by atoms with Crippen LogP contribution in [0.3, 0.4) is 0 Å². The molecule has 4 fully saturated rings. The molecule has 4 bridgehead atoms. The molecule has 1 aromatic heterocycles. The van der Waals surface area contributed by atoms with Gasteiger partial charge in [-0.15, -0.1) is 0 Å². The molecule has 2 N–H and O–H groups in total. The van der Waals surface area contributed by atoms with Gasteiger partial charge in [0.2, 0.25) is 5.88 Å². The Morgan fingerprint density at radius 1 is 1.03 bits per heavy atom. The molecule has 1 unspecified atom stereocenters. The highest BCUT2D eigenvalue weighted by Gasteiger charge is 2.54. The Kier molecular flexibility index (Phi) is 5.14. The number of anilines is 1. The van der Waals surface area contributed by atoms with E-state index in [1.54, 1.807) is 6.92 Å². The van der Waals surface area contributed by atoms with Crippen molar-refractivity contribution >= 4 is 23.4 Å². The molecule has 8 heteroatoms. The van der Waals surface area contributed by atoms with Gasteiger partial charge in [0, 0.05) is 6.04 Å². The van der Waals surface area contributed by atoms with Crippen molar-refractivity contribution in [2.75, 3.05) is 5.01 Å². The highest BCUT2D eigenvalue weighted by molar-refractivity contribution is 6.32. The van der Waals surface area contributed by atoms with Gasteiger partial charge in [-0.1, -0.05) is 17.7 Å². The molecule has 1 amide bonds. The van der Waals surface area contributed by atoms with Crippen molar-refractivity contribution in [1.82, 2.24) is 9.55 Å². The van der Waals surface area contributed by atoms with Gasteiger partial charge < -0.3 is 5.11 Å². The predicted molar refractivity (Wildman–Crippen MR) is 138 cm³/mol. The normalized spacial score (nSPS) is 30.8. The van der Waals surface area contributed by atoms with Gasteiger partial charge in [-0.05, 0) is 101 Å². The number of hydrogen-bond donors (Lipinski definition) is 2. The zero-order chi connectivity index (χ0) is 25.4. The third kappa shape index (κ3) is 3.49. The quantitative estimate of drug-likeness (QED) is 0.631. The maximum Gasteiger partial charge on any atom is 0.331 e. The molecule has 4 aliphatic carbocycles. The number of aromatic nitrogens is 2. The highest BCUT2D eigenvalue weighted by Crippen LogP contribution is 2.63. The van der Waals surface area contributed by atoms with E-state index in [-0.39, 0.29) is 34.4 Å². The maximum atomic E-state index is 13.2. The van der Waals surface area contributed by atoms with Gasteiger partial charge in [0.25, 0.3) is 11.5 Å². The first-order valence-electron chi connectivity index (χ1n) is 12.9. The largest absolute Gasteiger partial charge is 0.494 e. The molecule has 2 aromatic rings. The molecule has 1 atom stereocenters. The Bertz CT molecular complexity index is 1390. The number of hydrazone groups is 1. The van der Waals surface area contributed by atoms with Crippen LogP contribution in [0.25, 0.3) is 6.08 Å². The van der Waals surface area contributed by atoms with Crippen molar-refractivity contribution in [3.05, 3.63) is 61.8 Å². The van der Waals surface area contributed by atoms with E-state index in [0.717, 1.165) is 24.8 Å². The lowest BCUT2D eigenvalue weighted by atomic mass is 9.48. The van der Waals surface area contributed by atoms with E-state index in [1.807, 2.05) is 38.1 Å². The number of carbonyl (C=O) groups excluding carboxylic acids is 1. The van der Waals surface area contributed by atoms with Gasteiger partial charge >= 0.3 is 5.69 Å². The van der Waals surface area contributed by atoms with Crippen LogP contribution in [-0.4, -0.2) is 26.3 Å². The third-order valence-electron chi connectivity index (χ3n) is 9.14. The van der Waals surface area contributed by atoms with Crippen molar-refractivity contribution in [1.29, 1.82) is 0 Å². The number of benzene rings is 1. The van der Waals surface area contributed by atoms with Gasteiger partial charge in [0.15, 0.2) is 0 Å². The van der Waals surface area contributed by atoms with E-state index in [4.69, 9.17) is 0 Å². The summed E-state index contributed by atoms with van der Waals surface area (Å²) in [7, 11) is 0. The van der Waals surface area contributed by atoms with Gasteiger partial charge in [0.1, 0.15) is 5.56 Å². The monoisotopic (exact) mass is 488 g/mol. The van der Waals surface area contributed by atoms with E-state index in [2.05, 4.69) is 10.1 Å². The molecule has 2 heterocycles. The van der Waals surface area contributed by atoms with Crippen LogP contribution >= 0.6 is 0 Å². The number of aryl methyl sites for hydroxylation is 1. The molecule has 0 saturated heterocycles. The lowest BCUT2D eigenvalue weighted by molar-refractivity contribution is -0.114. The van der Waals surface area contributed by atoms with Gasteiger partial charge in [-0.25, -0.2) is 4.79 Å². The van der Waals surface area contributed by atoms with Crippen LogP contribution in [0, 0.1) is 30.1 Å². The van der Waals surface area contributed by atoms with Crippen LogP contribution in [0.1, 0.15) is 69.5 Å². The summed E-state index contributed by atoms with van der Waals surface area (Å²) in [6.45, 7) is 5.65. The predicted octanol–water partition coefficient (Wildman–Crippen LogP) is 4.13. The van der Waals surface area contributed by atoms with Crippen molar-refractivity contribution in [2.45, 2.75) is 65.3 Å². The number of nitrogens with zero attached hydrogens (tertiary/aromatic N) is 3. The summed E-state index contributed by atoms with van der Waals surface area (Å²) in [5.41, 5.74) is 0.869. The average molecular weight is 489 g/mol. The van der Waals surface area contributed by atoms with Crippen LogP contribution in [0.4, 0.5) is 5.69 Å². The third-order valence-corrected chi connectivity index (χ3v) is 9.14. The Hall–Kier alpha value is -3.42.